The van der Waals surface area contributed by atoms with Crippen LogP contribution < -0.4 is 4.74 Å². The number of rotatable bonds is 5. The first-order valence-electron chi connectivity index (χ1n) is 7.63. The number of imidazole rings is 1. The number of nitriles is 1. The van der Waals surface area contributed by atoms with Gasteiger partial charge >= 0.3 is 5.97 Å². The summed E-state index contributed by atoms with van der Waals surface area (Å²) < 4.78 is 5.28. The van der Waals surface area contributed by atoms with Gasteiger partial charge in [-0.2, -0.15) is 5.26 Å². The lowest BCUT2D eigenvalue weighted by Crippen LogP contribution is -2.22. The standard InChI is InChI=1S/C19H15N3O3/c1-12(19(23)24)25-15-8-6-13(7-9-15)10-14(11-20)18-21-16-4-2-3-5-17(16)22-18/h2-10,12H,1H3,(H,21,22)(H,23,24)/b14-10+/t12-/m0/s1. The second kappa shape index (κ2) is 6.89. The fourth-order valence-electron chi connectivity index (χ4n) is 2.30. The lowest BCUT2D eigenvalue weighted by atomic mass is 10.1. The van der Waals surface area contributed by atoms with Crippen LogP contribution in [0.2, 0.25) is 0 Å². The van der Waals surface area contributed by atoms with Crippen molar-refractivity contribution in [3.63, 3.8) is 0 Å². The van der Waals surface area contributed by atoms with Crippen molar-refractivity contribution in [2.45, 2.75) is 13.0 Å². The predicted octanol–water partition coefficient (Wildman–Crippen LogP) is 3.48. The van der Waals surface area contributed by atoms with Gasteiger partial charge in [-0.15, -0.1) is 0 Å². The number of carboxylic acid groups (broad SMARTS) is 1. The van der Waals surface area contributed by atoms with Gasteiger partial charge in [-0.1, -0.05) is 24.3 Å². The Kier molecular flexibility index (Phi) is 4.48. The summed E-state index contributed by atoms with van der Waals surface area (Å²) in [6.45, 7) is 1.46. The predicted molar refractivity (Wildman–Crippen MR) is 93.7 cm³/mol. The molecule has 0 aliphatic heterocycles. The third kappa shape index (κ3) is 3.67. The van der Waals surface area contributed by atoms with E-state index in [0.29, 0.717) is 17.1 Å². The van der Waals surface area contributed by atoms with Gasteiger partial charge in [-0.3, -0.25) is 0 Å². The first kappa shape index (κ1) is 16.3. The summed E-state index contributed by atoms with van der Waals surface area (Å²) in [5.41, 5.74) is 2.85. The zero-order valence-corrected chi connectivity index (χ0v) is 13.4. The number of nitrogens with one attached hydrogen (secondary N) is 1. The highest BCUT2D eigenvalue weighted by molar-refractivity contribution is 5.90. The second-order valence-electron chi connectivity index (χ2n) is 5.44. The van der Waals surface area contributed by atoms with Crippen LogP contribution in [0.4, 0.5) is 0 Å². The van der Waals surface area contributed by atoms with Gasteiger partial charge < -0.3 is 14.8 Å². The zero-order valence-electron chi connectivity index (χ0n) is 13.4. The molecule has 3 aromatic rings. The molecule has 0 unspecified atom stereocenters. The van der Waals surface area contributed by atoms with E-state index in [1.165, 1.54) is 6.92 Å². The third-order valence-corrected chi connectivity index (χ3v) is 3.62. The average molecular weight is 333 g/mol. The molecule has 0 radical (unpaired) electrons. The largest absolute Gasteiger partial charge is 0.479 e. The van der Waals surface area contributed by atoms with E-state index < -0.39 is 12.1 Å². The van der Waals surface area contributed by atoms with Crippen molar-refractivity contribution < 1.29 is 14.6 Å². The molecule has 0 bridgehead atoms. The molecule has 1 atom stereocenters. The number of carboxylic acids is 1. The van der Waals surface area contributed by atoms with E-state index in [0.717, 1.165) is 16.6 Å². The van der Waals surface area contributed by atoms with Gasteiger partial charge in [0.05, 0.1) is 16.6 Å². The van der Waals surface area contributed by atoms with Gasteiger partial charge in [0.1, 0.15) is 17.6 Å². The number of benzene rings is 2. The van der Waals surface area contributed by atoms with Crippen LogP contribution in [0.3, 0.4) is 0 Å². The quantitative estimate of drug-likeness (QED) is 0.696. The Morgan fingerprint density at radius 3 is 2.64 bits per heavy atom. The zero-order chi connectivity index (χ0) is 17.8. The molecule has 124 valence electrons. The summed E-state index contributed by atoms with van der Waals surface area (Å²) in [6, 6.07) is 16.5. The molecule has 0 saturated carbocycles. The van der Waals surface area contributed by atoms with Gasteiger partial charge in [-0.05, 0) is 42.8 Å². The number of carbonyl (C=O) groups is 1. The number of aliphatic carboxylic acids is 1. The molecule has 6 nitrogen and oxygen atoms in total. The highest BCUT2D eigenvalue weighted by Crippen LogP contribution is 2.21. The van der Waals surface area contributed by atoms with Crippen molar-refractivity contribution in [3.05, 3.63) is 59.9 Å². The Balaban J connectivity index is 1.85. The number of para-hydroxylation sites is 2. The van der Waals surface area contributed by atoms with Crippen molar-refractivity contribution in [1.82, 2.24) is 9.97 Å². The molecule has 3 rings (SSSR count). The lowest BCUT2D eigenvalue weighted by molar-refractivity contribution is -0.144. The minimum absolute atomic E-state index is 0.406. The highest BCUT2D eigenvalue weighted by Gasteiger charge is 2.12. The van der Waals surface area contributed by atoms with Crippen LogP contribution in [0.15, 0.2) is 48.5 Å². The van der Waals surface area contributed by atoms with Crippen molar-refractivity contribution >= 4 is 28.7 Å². The maximum atomic E-state index is 10.8. The smallest absolute Gasteiger partial charge is 0.344 e. The van der Waals surface area contributed by atoms with Gasteiger partial charge in [0.15, 0.2) is 6.10 Å². The summed E-state index contributed by atoms with van der Waals surface area (Å²) in [5, 5.41) is 18.3. The number of hydrogen-bond donors (Lipinski definition) is 2. The van der Waals surface area contributed by atoms with E-state index in [4.69, 9.17) is 9.84 Å². The van der Waals surface area contributed by atoms with Crippen molar-refractivity contribution in [2.24, 2.45) is 0 Å². The van der Waals surface area contributed by atoms with E-state index in [-0.39, 0.29) is 0 Å². The summed E-state index contributed by atoms with van der Waals surface area (Å²) in [7, 11) is 0. The molecule has 2 N–H and O–H groups in total. The number of aromatic nitrogens is 2. The summed E-state index contributed by atoms with van der Waals surface area (Å²) >= 11 is 0. The molecule has 6 heteroatoms. The Morgan fingerprint density at radius 1 is 1.28 bits per heavy atom. The summed E-state index contributed by atoms with van der Waals surface area (Å²) in [4.78, 5) is 18.3. The summed E-state index contributed by atoms with van der Waals surface area (Å²) in [5.74, 6) is -0.0709. The number of hydrogen-bond acceptors (Lipinski definition) is 4. The lowest BCUT2D eigenvalue weighted by Gasteiger charge is -2.10. The average Bonchev–Trinajstić information content (AvgIpc) is 3.04. The number of aromatic amines is 1. The number of ether oxygens (including phenoxy) is 1. The molecule has 0 saturated heterocycles. The Bertz CT molecular complexity index is 948. The number of allylic oxidation sites excluding steroid dienone is 1. The molecule has 0 fully saturated rings. The molecule has 0 spiro atoms. The molecule has 1 heterocycles. The number of H-pyrrole nitrogens is 1. The van der Waals surface area contributed by atoms with Crippen LogP contribution in [-0.4, -0.2) is 27.1 Å². The Morgan fingerprint density at radius 2 is 2.00 bits per heavy atom. The topological polar surface area (TPSA) is 99.0 Å². The minimum Gasteiger partial charge on any atom is -0.479 e. The first-order valence-corrected chi connectivity index (χ1v) is 7.63. The van der Waals surface area contributed by atoms with E-state index in [9.17, 15) is 10.1 Å². The monoisotopic (exact) mass is 333 g/mol. The fraction of sp³-hybridized carbons (Fsp3) is 0.105. The van der Waals surface area contributed by atoms with Crippen LogP contribution >= 0.6 is 0 Å². The molecule has 0 aliphatic carbocycles. The van der Waals surface area contributed by atoms with Gasteiger partial charge in [0.25, 0.3) is 0 Å². The molecular formula is C19H15N3O3. The van der Waals surface area contributed by atoms with Crippen LogP contribution in [0, 0.1) is 11.3 Å². The molecular weight excluding hydrogens is 318 g/mol. The van der Waals surface area contributed by atoms with Gasteiger partial charge in [-0.25, -0.2) is 9.78 Å². The normalized spacial score (nSPS) is 12.6. The Labute approximate surface area is 144 Å². The Hall–Kier alpha value is -3.59. The minimum atomic E-state index is -1.03. The van der Waals surface area contributed by atoms with Crippen molar-refractivity contribution in [1.29, 1.82) is 5.26 Å². The van der Waals surface area contributed by atoms with Crippen LogP contribution in [0.5, 0.6) is 5.75 Å². The molecule has 0 amide bonds. The number of nitrogens with zero attached hydrogens (tertiary/aromatic N) is 2. The fourth-order valence-corrected chi connectivity index (χ4v) is 2.30. The maximum Gasteiger partial charge on any atom is 0.344 e. The molecule has 1 aromatic heterocycles. The van der Waals surface area contributed by atoms with Gasteiger partial charge in [0, 0.05) is 0 Å². The molecule has 2 aromatic carbocycles. The van der Waals surface area contributed by atoms with Gasteiger partial charge in [0.2, 0.25) is 0 Å². The molecule has 0 aliphatic rings. The molecule has 25 heavy (non-hydrogen) atoms. The maximum absolute atomic E-state index is 10.8. The van der Waals surface area contributed by atoms with Crippen LogP contribution in [0.25, 0.3) is 22.7 Å². The van der Waals surface area contributed by atoms with Crippen molar-refractivity contribution in [3.8, 4) is 11.8 Å². The van der Waals surface area contributed by atoms with E-state index >= 15 is 0 Å². The highest BCUT2D eigenvalue weighted by atomic mass is 16.5. The van der Waals surface area contributed by atoms with Crippen LogP contribution in [0.1, 0.15) is 18.3 Å². The third-order valence-electron chi connectivity index (χ3n) is 3.62. The first-order chi connectivity index (χ1) is 12.1. The van der Waals surface area contributed by atoms with Crippen molar-refractivity contribution in [2.75, 3.05) is 0 Å². The van der Waals surface area contributed by atoms with E-state index in [2.05, 4.69) is 16.0 Å². The van der Waals surface area contributed by atoms with E-state index in [1.807, 2.05) is 24.3 Å². The SMILES string of the molecule is C[C@H](Oc1ccc(/C=C(\C#N)c2nc3ccccc3[nH]2)cc1)C(=O)O. The summed E-state index contributed by atoms with van der Waals surface area (Å²) in [6.07, 6.45) is 0.786. The number of fused-ring (bicyclic) bond motifs is 1. The second-order valence-corrected chi connectivity index (χ2v) is 5.44. The van der Waals surface area contributed by atoms with Crippen LogP contribution in [-0.2, 0) is 4.79 Å². The van der Waals surface area contributed by atoms with E-state index in [1.54, 1.807) is 30.3 Å².